The van der Waals surface area contributed by atoms with E-state index < -0.39 is 6.14 Å². The van der Waals surface area contributed by atoms with Gasteiger partial charge in [-0.1, -0.05) is 13.3 Å². The van der Waals surface area contributed by atoms with Crippen LogP contribution in [0.15, 0.2) is 18.5 Å². The van der Waals surface area contributed by atoms with Crippen LogP contribution in [0.5, 0.6) is 0 Å². The van der Waals surface area contributed by atoms with E-state index in [9.17, 15) is 11.0 Å². The van der Waals surface area contributed by atoms with E-state index in [1.54, 1.807) is 18.5 Å². The summed E-state index contributed by atoms with van der Waals surface area (Å²) in [6.07, 6.45) is 5.91. The lowest BCUT2D eigenvalue weighted by molar-refractivity contribution is -0.148. The summed E-state index contributed by atoms with van der Waals surface area (Å²) < 4.78 is 17.0. The molecule has 2 bridgehead atoms. The molecule has 2 amide bonds. The molecule has 1 unspecified atom stereocenters. The van der Waals surface area contributed by atoms with Gasteiger partial charge in [0.2, 0.25) is 17.8 Å². The largest absolute Gasteiger partial charge is 0.338 e. The van der Waals surface area contributed by atoms with Gasteiger partial charge in [-0.2, -0.15) is 0 Å². The minimum absolute atomic E-state index is 0.133. The third-order valence-corrected chi connectivity index (χ3v) is 7.07. The average molecular weight is 386 g/mol. The van der Waals surface area contributed by atoms with Gasteiger partial charge in [0.15, 0.2) is 0 Å². The first kappa shape index (κ1) is 15.9. The first-order valence-corrected chi connectivity index (χ1v) is 10.5. The molecule has 2 aliphatic carbocycles. The Hall–Kier alpha value is -2.02. The third-order valence-electron chi connectivity index (χ3n) is 7.07. The van der Waals surface area contributed by atoms with Gasteiger partial charge in [0.25, 0.3) is 0 Å². The lowest BCUT2D eigenvalue weighted by Crippen LogP contribution is -2.58. The van der Waals surface area contributed by atoms with E-state index >= 15 is 0 Å². The number of anilines is 1. The number of aromatic nitrogens is 2. The summed E-state index contributed by atoms with van der Waals surface area (Å²) in [4.78, 5) is 40.8. The molecule has 2 saturated carbocycles. The molecule has 0 spiro atoms. The highest BCUT2D eigenvalue weighted by Gasteiger charge is 2.62. The molecule has 28 heavy (non-hydrogen) atoms. The van der Waals surface area contributed by atoms with Crippen LogP contribution in [0.25, 0.3) is 0 Å². The van der Waals surface area contributed by atoms with Crippen molar-refractivity contribution in [3.8, 4) is 0 Å². The van der Waals surface area contributed by atoms with Crippen LogP contribution in [0.2, 0.25) is 0 Å². The number of nitrogens with zero attached hydrogens (tertiary/aromatic N) is 5. The van der Waals surface area contributed by atoms with Crippen LogP contribution < -0.4 is 4.90 Å². The second-order valence-corrected chi connectivity index (χ2v) is 8.44. The first-order chi connectivity index (χ1) is 14.5. The Bertz CT molecular complexity index is 791. The summed E-state index contributed by atoms with van der Waals surface area (Å²) in [5, 5.41) is 0. The minimum Gasteiger partial charge on any atom is -0.338 e. The van der Waals surface area contributed by atoms with Gasteiger partial charge in [0, 0.05) is 39.9 Å². The van der Waals surface area contributed by atoms with Crippen molar-refractivity contribution in [3.05, 3.63) is 18.5 Å². The number of carbonyl (C=O) groups is 2. The van der Waals surface area contributed by atoms with Crippen LogP contribution in [0.4, 0.5) is 5.95 Å². The van der Waals surface area contributed by atoms with Gasteiger partial charge in [0.1, 0.15) is 0 Å². The van der Waals surface area contributed by atoms with Gasteiger partial charge >= 0.3 is 0 Å². The summed E-state index contributed by atoms with van der Waals surface area (Å²) in [5.74, 6) is 0.602. The quantitative estimate of drug-likeness (QED) is 0.720. The van der Waals surface area contributed by atoms with Crippen LogP contribution in [0.1, 0.15) is 41.7 Å². The Kier molecular flexibility index (Phi) is 4.02. The standard InChI is InChI=1S/C21H29N5O2/c1-2-4-16(24-9-11-25(12-10-24)21-22-7-3-8-23-21)26-19(27)17-14-5-6-15(13-14)18(17)20(26)28/h3,7-8,14-18H,2,4-6,9-13H2,1H3/t14-,15+,16?,17-,18+/i1D,16D. The Morgan fingerprint density at radius 1 is 1.11 bits per heavy atom. The number of rotatable bonds is 5. The highest BCUT2D eigenvalue weighted by atomic mass is 16.2. The Balaban J connectivity index is 1.37. The lowest BCUT2D eigenvalue weighted by atomic mass is 9.81. The van der Waals surface area contributed by atoms with Crippen LogP contribution in [-0.2, 0) is 9.59 Å². The molecule has 1 aromatic heterocycles. The maximum atomic E-state index is 13.4. The number of amides is 2. The Morgan fingerprint density at radius 3 is 2.36 bits per heavy atom. The highest BCUT2D eigenvalue weighted by Crippen LogP contribution is 2.56. The zero-order valence-electron chi connectivity index (χ0n) is 18.2. The van der Waals surface area contributed by atoms with E-state index in [1.807, 2.05) is 4.90 Å². The van der Waals surface area contributed by atoms with Crippen molar-refractivity contribution in [3.63, 3.8) is 0 Å². The molecule has 7 heteroatoms. The summed E-state index contributed by atoms with van der Waals surface area (Å²) in [6.45, 7) is 2.57. The van der Waals surface area contributed by atoms with Crippen molar-refractivity contribution in [2.75, 3.05) is 31.1 Å². The molecule has 150 valence electrons. The van der Waals surface area contributed by atoms with E-state index in [-0.39, 0.29) is 30.5 Å². The van der Waals surface area contributed by atoms with Crippen molar-refractivity contribution in [2.24, 2.45) is 23.7 Å². The van der Waals surface area contributed by atoms with Gasteiger partial charge < -0.3 is 4.90 Å². The molecule has 0 radical (unpaired) electrons. The molecule has 7 nitrogen and oxygen atoms in total. The number of carbonyl (C=O) groups excluding carboxylic acids is 2. The predicted molar refractivity (Wildman–Crippen MR) is 104 cm³/mol. The highest BCUT2D eigenvalue weighted by molar-refractivity contribution is 6.06. The summed E-state index contributed by atoms with van der Waals surface area (Å²) in [6, 6.07) is 1.78. The van der Waals surface area contributed by atoms with Crippen LogP contribution in [0, 0.1) is 23.7 Å². The molecule has 3 heterocycles. The molecule has 5 rings (SSSR count). The fourth-order valence-corrected chi connectivity index (χ4v) is 5.85. The van der Waals surface area contributed by atoms with Crippen molar-refractivity contribution in [1.82, 2.24) is 19.8 Å². The molecule has 4 fully saturated rings. The van der Waals surface area contributed by atoms with Crippen molar-refractivity contribution in [1.29, 1.82) is 0 Å². The number of imide groups is 1. The molecule has 4 aliphatic rings. The van der Waals surface area contributed by atoms with Crippen LogP contribution in [-0.4, -0.2) is 63.9 Å². The second-order valence-electron chi connectivity index (χ2n) is 8.44. The molecule has 2 saturated heterocycles. The Morgan fingerprint density at radius 2 is 1.75 bits per heavy atom. The molecular formula is C21H29N5O2. The van der Waals surface area contributed by atoms with Crippen LogP contribution in [0.3, 0.4) is 0 Å². The zero-order chi connectivity index (χ0) is 20.9. The maximum absolute atomic E-state index is 13.4. The lowest BCUT2D eigenvalue weighted by Gasteiger charge is -2.42. The van der Waals surface area contributed by atoms with Gasteiger partial charge in [-0.05, 0) is 43.6 Å². The van der Waals surface area contributed by atoms with Crippen molar-refractivity contribution >= 4 is 17.8 Å². The summed E-state index contributed by atoms with van der Waals surface area (Å²) in [7, 11) is 0. The van der Waals surface area contributed by atoms with Gasteiger partial charge in [-0.3, -0.25) is 19.4 Å². The number of hydrogen-bond acceptors (Lipinski definition) is 6. The SMILES string of the molecule is [2H]CCCC([2H])(N1CCN(c2ncccn2)CC1)N1C(=O)[C@@H]2[C@@H]3CC[C@@H](C3)[C@@H]2C1=O. The maximum Gasteiger partial charge on any atom is 0.234 e. The van der Waals surface area contributed by atoms with Gasteiger partial charge in [-0.15, -0.1) is 0 Å². The molecule has 0 aromatic carbocycles. The zero-order valence-corrected chi connectivity index (χ0v) is 16.2. The fourth-order valence-electron chi connectivity index (χ4n) is 5.85. The number of fused-ring (bicyclic) bond motifs is 5. The van der Waals surface area contributed by atoms with E-state index in [4.69, 9.17) is 1.37 Å². The fraction of sp³-hybridized carbons (Fsp3) is 0.714. The van der Waals surface area contributed by atoms with E-state index in [1.165, 1.54) is 4.90 Å². The van der Waals surface area contributed by atoms with E-state index in [0.717, 1.165) is 19.3 Å². The van der Waals surface area contributed by atoms with Crippen LogP contribution >= 0.6 is 0 Å². The number of likely N-dealkylation sites (tertiary alicyclic amines) is 1. The number of hydrogen-bond donors (Lipinski definition) is 0. The number of piperazine rings is 1. The monoisotopic (exact) mass is 385 g/mol. The van der Waals surface area contributed by atoms with Gasteiger partial charge in [0.05, 0.1) is 19.3 Å². The first-order valence-electron chi connectivity index (χ1n) is 11.7. The Labute approximate surface area is 168 Å². The molecule has 2 aliphatic heterocycles. The van der Waals surface area contributed by atoms with E-state index in [0.29, 0.717) is 56.8 Å². The molecular weight excluding hydrogens is 354 g/mol. The third kappa shape index (κ3) is 2.74. The molecule has 1 aromatic rings. The minimum atomic E-state index is -1.40. The van der Waals surface area contributed by atoms with Crippen molar-refractivity contribution in [2.45, 2.75) is 45.1 Å². The van der Waals surface area contributed by atoms with E-state index in [2.05, 4.69) is 14.9 Å². The summed E-state index contributed by atoms with van der Waals surface area (Å²) in [5.41, 5.74) is 0. The second kappa shape index (κ2) is 7.10. The predicted octanol–water partition coefficient (Wildman–Crippen LogP) is 1.76. The van der Waals surface area contributed by atoms with Gasteiger partial charge in [-0.25, -0.2) is 9.97 Å². The molecule has 0 N–H and O–H groups in total. The topological polar surface area (TPSA) is 69.6 Å². The smallest absolute Gasteiger partial charge is 0.234 e. The normalized spacial score (nSPS) is 35.7. The van der Waals surface area contributed by atoms with Crippen molar-refractivity contribution < 1.29 is 12.3 Å². The molecule has 5 atom stereocenters. The average Bonchev–Trinajstić information content (AvgIpc) is 3.46. The summed E-state index contributed by atoms with van der Waals surface area (Å²) >= 11 is 0.